The summed E-state index contributed by atoms with van der Waals surface area (Å²) in [5.41, 5.74) is 0. The molecule has 0 N–H and O–H groups in total. The van der Waals surface area contributed by atoms with E-state index in [-0.39, 0.29) is 0 Å². The van der Waals surface area contributed by atoms with E-state index in [1.165, 1.54) is 0 Å². The fourth-order valence-corrected chi connectivity index (χ4v) is 3.88. The molecule has 1 rings (SSSR count). The predicted octanol–water partition coefficient (Wildman–Crippen LogP) is 3.32. The molecule has 0 spiro atoms. The lowest BCUT2D eigenvalue weighted by atomic mass is 10.3. The van der Waals surface area contributed by atoms with E-state index >= 15 is 0 Å². The summed E-state index contributed by atoms with van der Waals surface area (Å²) in [4.78, 5) is 0. The number of hydrogen-bond acceptors (Lipinski definition) is 3. The highest BCUT2D eigenvalue weighted by molar-refractivity contribution is 8.62. The van der Waals surface area contributed by atoms with Crippen LogP contribution in [-0.4, -0.2) is 5.75 Å². The van der Waals surface area contributed by atoms with Crippen molar-refractivity contribution in [3.63, 3.8) is 0 Å². The van der Waals surface area contributed by atoms with E-state index in [0.717, 1.165) is 11.5 Å². The number of para-hydroxylation sites is 1. The van der Waals surface area contributed by atoms with E-state index in [1.807, 2.05) is 30.3 Å². The maximum absolute atomic E-state index is 5.53. The molecule has 0 fully saturated rings. The van der Waals surface area contributed by atoms with Gasteiger partial charge in [-0.05, 0) is 29.7 Å². The van der Waals surface area contributed by atoms with E-state index in [2.05, 4.69) is 6.92 Å². The third-order valence-corrected chi connectivity index (χ3v) is 5.27. The Morgan fingerprint density at radius 3 is 2.67 bits per heavy atom. The van der Waals surface area contributed by atoms with Crippen molar-refractivity contribution >= 4 is 29.3 Å². The van der Waals surface area contributed by atoms with Crippen LogP contribution in [0.3, 0.4) is 0 Å². The van der Waals surface area contributed by atoms with Crippen molar-refractivity contribution < 1.29 is 4.52 Å². The van der Waals surface area contributed by atoms with E-state index in [0.29, 0.717) is 0 Å². The highest BCUT2D eigenvalue weighted by atomic mass is 32.9. The van der Waals surface area contributed by atoms with Gasteiger partial charge in [-0.2, -0.15) is 0 Å². The molecule has 12 heavy (non-hydrogen) atoms. The van der Waals surface area contributed by atoms with Crippen LogP contribution in [0.15, 0.2) is 30.3 Å². The van der Waals surface area contributed by atoms with Crippen molar-refractivity contribution in [2.75, 3.05) is 5.75 Å². The summed E-state index contributed by atoms with van der Waals surface area (Å²) in [7, 11) is 0. The Morgan fingerprint density at radius 1 is 1.42 bits per heavy atom. The van der Waals surface area contributed by atoms with Crippen molar-refractivity contribution in [3.05, 3.63) is 30.3 Å². The molecule has 1 unspecified atom stereocenters. The Balaban J connectivity index is 2.47. The molecule has 0 bridgehead atoms. The quantitative estimate of drug-likeness (QED) is 0.717. The summed E-state index contributed by atoms with van der Waals surface area (Å²) < 4.78 is 5.53. The summed E-state index contributed by atoms with van der Waals surface area (Å²) >= 11 is 6.88. The minimum Gasteiger partial charge on any atom is -0.459 e. The van der Waals surface area contributed by atoms with Gasteiger partial charge in [0.2, 0.25) is 0 Å². The van der Waals surface area contributed by atoms with Gasteiger partial charge in [0.15, 0.2) is 6.13 Å². The maximum Gasteiger partial charge on any atom is 0.156 e. The topological polar surface area (TPSA) is 9.23 Å². The SMILES string of the molecule is CCS[PH](=S)Oc1ccccc1. The molecule has 0 aliphatic carbocycles. The molecule has 0 aliphatic heterocycles. The zero-order valence-electron chi connectivity index (χ0n) is 6.82. The molecular weight excluding hydrogens is 207 g/mol. The minimum atomic E-state index is -1.09. The summed E-state index contributed by atoms with van der Waals surface area (Å²) in [6, 6.07) is 9.75. The second kappa shape index (κ2) is 5.63. The molecule has 1 aromatic carbocycles. The Labute approximate surface area is 82.8 Å². The van der Waals surface area contributed by atoms with Gasteiger partial charge in [-0.25, -0.2) is 0 Å². The monoisotopic (exact) mass is 218 g/mol. The smallest absolute Gasteiger partial charge is 0.156 e. The first kappa shape index (κ1) is 10.1. The largest absolute Gasteiger partial charge is 0.459 e. The second-order valence-corrected chi connectivity index (χ2v) is 7.53. The Kier molecular flexibility index (Phi) is 4.74. The lowest BCUT2D eigenvalue weighted by Crippen LogP contribution is -1.77. The van der Waals surface area contributed by atoms with Gasteiger partial charge in [-0.15, -0.1) is 0 Å². The van der Waals surface area contributed by atoms with E-state index in [4.69, 9.17) is 16.3 Å². The van der Waals surface area contributed by atoms with Gasteiger partial charge in [-0.1, -0.05) is 36.5 Å². The zero-order valence-corrected chi connectivity index (χ0v) is 9.45. The van der Waals surface area contributed by atoms with Crippen LogP contribution >= 0.6 is 17.5 Å². The summed E-state index contributed by atoms with van der Waals surface area (Å²) in [5.74, 6) is 1.92. The number of rotatable bonds is 4. The van der Waals surface area contributed by atoms with E-state index in [9.17, 15) is 0 Å². The van der Waals surface area contributed by atoms with Crippen molar-refractivity contribution in [3.8, 4) is 5.75 Å². The molecule has 0 saturated carbocycles. The van der Waals surface area contributed by atoms with Crippen molar-refractivity contribution in [2.24, 2.45) is 0 Å². The number of benzene rings is 1. The minimum absolute atomic E-state index is 0.891. The average molecular weight is 218 g/mol. The molecule has 4 heteroatoms. The van der Waals surface area contributed by atoms with E-state index in [1.54, 1.807) is 11.4 Å². The van der Waals surface area contributed by atoms with Crippen LogP contribution in [0.2, 0.25) is 0 Å². The Morgan fingerprint density at radius 2 is 2.08 bits per heavy atom. The molecule has 0 radical (unpaired) electrons. The van der Waals surface area contributed by atoms with Crippen molar-refractivity contribution in [1.29, 1.82) is 0 Å². The molecule has 66 valence electrons. The predicted molar refractivity (Wildman–Crippen MR) is 60.9 cm³/mol. The van der Waals surface area contributed by atoms with Crippen LogP contribution in [0.4, 0.5) is 0 Å². The number of hydrogen-bond donors (Lipinski definition) is 0. The molecule has 0 aromatic heterocycles. The lowest BCUT2D eigenvalue weighted by molar-refractivity contribution is 0.641. The zero-order chi connectivity index (χ0) is 8.81. The third kappa shape index (κ3) is 3.61. The van der Waals surface area contributed by atoms with Gasteiger partial charge < -0.3 is 4.52 Å². The highest BCUT2D eigenvalue weighted by Crippen LogP contribution is 2.39. The first-order chi connectivity index (χ1) is 5.83. The molecule has 1 nitrogen and oxygen atoms in total. The molecule has 1 atom stereocenters. The maximum atomic E-state index is 5.53. The van der Waals surface area contributed by atoms with Gasteiger partial charge in [0.1, 0.15) is 5.75 Å². The first-order valence-electron chi connectivity index (χ1n) is 3.72. The van der Waals surface area contributed by atoms with Crippen LogP contribution in [0.25, 0.3) is 0 Å². The Bertz CT molecular complexity index is 250. The standard InChI is InChI=1S/C8H11OPS2/c1-2-12-10(11)9-8-6-4-3-5-7-8/h3-7,10H,2H2,1H3. The first-order valence-corrected chi connectivity index (χ1v) is 7.97. The average Bonchev–Trinajstić information content (AvgIpc) is 2.06. The van der Waals surface area contributed by atoms with Gasteiger partial charge in [-0.3, -0.25) is 0 Å². The molecule has 0 aliphatic rings. The molecule has 0 amide bonds. The van der Waals surface area contributed by atoms with Gasteiger partial charge in [0, 0.05) is 0 Å². The molecule has 0 saturated heterocycles. The molecule has 1 aromatic rings. The summed E-state index contributed by atoms with van der Waals surface area (Å²) in [6.45, 7) is 2.09. The van der Waals surface area contributed by atoms with E-state index < -0.39 is 6.13 Å². The molecular formula is C8H11OPS2. The molecule has 0 heterocycles. The third-order valence-electron chi connectivity index (χ3n) is 1.21. The lowest BCUT2D eigenvalue weighted by Gasteiger charge is -2.05. The van der Waals surface area contributed by atoms with Crippen LogP contribution in [0, 0.1) is 0 Å². The fourth-order valence-electron chi connectivity index (χ4n) is 0.732. The summed E-state index contributed by atoms with van der Waals surface area (Å²) in [6.07, 6.45) is -1.09. The van der Waals surface area contributed by atoms with Crippen molar-refractivity contribution in [1.82, 2.24) is 0 Å². The van der Waals surface area contributed by atoms with Gasteiger partial charge in [0.25, 0.3) is 0 Å². The van der Waals surface area contributed by atoms with Crippen LogP contribution in [-0.2, 0) is 11.8 Å². The van der Waals surface area contributed by atoms with Gasteiger partial charge in [0.05, 0.1) is 0 Å². The highest BCUT2D eigenvalue weighted by Gasteiger charge is 1.94. The Hall–Kier alpha value is 0.0200. The van der Waals surface area contributed by atoms with Gasteiger partial charge >= 0.3 is 0 Å². The normalized spacial score (nSPS) is 12.4. The van der Waals surface area contributed by atoms with Crippen LogP contribution in [0.5, 0.6) is 5.75 Å². The van der Waals surface area contributed by atoms with Crippen molar-refractivity contribution in [2.45, 2.75) is 6.92 Å². The van der Waals surface area contributed by atoms with Crippen LogP contribution < -0.4 is 4.52 Å². The van der Waals surface area contributed by atoms with Crippen LogP contribution in [0.1, 0.15) is 6.92 Å². The summed E-state index contributed by atoms with van der Waals surface area (Å²) in [5, 5.41) is 0. The second-order valence-electron chi connectivity index (χ2n) is 2.10. The fraction of sp³-hybridized carbons (Fsp3) is 0.250.